The minimum Gasteiger partial charge on any atom is -0.489 e. The van der Waals surface area contributed by atoms with Crippen molar-refractivity contribution in [1.29, 1.82) is 0 Å². The molecule has 1 heterocycles. The van der Waals surface area contributed by atoms with Crippen molar-refractivity contribution in [3.8, 4) is 5.75 Å². The molecule has 2 aromatic rings. The molecule has 1 aliphatic heterocycles. The smallest absolute Gasteiger partial charge is 0.305 e. The van der Waals surface area contributed by atoms with E-state index in [9.17, 15) is 9.59 Å². The highest BCUT2D eigenvalue weighted by molar-refractivity contribution is 8.26. The first-order chi connectivity index (χ1) is 15.5. The van der Waals surface area contributed by atoms with Crippen LogP contribution in [0.2, 0.25) is 0 Å². The zero-order chi connectivity index (χ0) is 22.9. The van der Waals surface area contributed by atoms with Gasteiger partial charge in [0.05, 0.1) is 12.0 Å². The van der Waals surface area contributed by atoms with Crippen molar-refractivity contribution >= 4 is 46.3 Å². The Morgan fingerprint density at radius 3 is 2.47 bits per heavy atom. The van der Waals surface area contributed by atoms with Crippen molar-refractivity contribution in [2.24, 2.45) is 0 Å². The lowest BCUT2D eigenvalue weighted by atomic mass is 10.1. The van der Waals surface area contributed by atoms with Crippen LogP contribution in [0.4, 0.5) is 0 Å². The maximum atomic E-state index is 12.7. The number of amides is 1. The number of carbonyl (C=O) groups excluding carboxylic acids is 2. The molecule has 7 heteroatoms. The quantitative estimate of drug-likeness (QED) is 0.198. The average Bonchev–Trinajstić information content (AvgIpc) is 3.06. The molecule has 1 saturated heterocycles. The summed E-state index contributed by atoms with van der Waals surface area (Å²) < 4.78 is 11.1. The van der Waals surface area contributed by atoms with Gasteiger partial charge in [0.15, 0.2) is 0 Å². The van der Waals surface area contributed by atoms with Gasteiger partial charge in [-0.25, -0.2) is 0 Å². The Kier molecular flexibility index (Phi) is 8.88. The molecule has 2 aromatic carbocycles. The number of benzene rings is 2. The molecule has 1 fully saturated rings. The van der Waals surface area contributed by atoms with E-state index < -0.39 is 0 Å². The van der Waals surface area contributed by atoms with E-state index in [-0.39, 0.29) is 11.9 Å². The van der Waals surface area contributed by atoms with Gasteiger partial charge in [0.1, 0.15) is 16.7 Å². The molecule has 0 aliphatic carbocycles. The van der Waals surface area contributed by atoms with Crippen LogP contribution in [0, 0.1) is 6.92 Å². The Bertz CT molecular complexity index is 984. The van der Waals surface area contributed by atoms with E-state index in [1.54, 1.807) is 4.90 Å². The second-order valence-electron chi connectivity index (χ2n) is 7.56. The third-order valence-corrected chi connectivity index (χ3v) is 6.45. The number of thiocarbonyl (C=S) groups is 1. The molecule has 0 spiro atoms. The number of ether oxygens (including phenoxy) is 2. The molecule has 0 saturated carbocycles. The van der Waals surface area contributed by atoms with Crippen molar-refractivity contribution in [3.63, 3.8) is 0 Å². The van der Waals surface area contributed by atoms with Crippen LogP contribution in [0.1, 0.15) is 42.4 Å². The third-order valence-electron chi connectivity index (χ3n) is 5.07. The van der Waals surface area contributed by atoms with Crippen molar-refractivity contribution in [1.82, 2.24) is 4.90 Å². The number of rotatable bonds is 10. The van der Waals surface area contributed by atoms with Crippen LogP contribution in [0.3, 0.4) is 0 Å². The number of esters is 1. The Labute approximate surface area is 198 Å². The maximum absolute atomic E-state index is 12.7. The standard InChI is InChI=1S/C25H27NO4S2/c1-18-7-9-20(10-8-18)17-30-21-13-11-19(12-14-21)16-22-24(28)26(25(31)32-22)15-5-3-4-6-23(27)29-2/h7-14,16H,3-6,15,17H2,1-2H3/b22-16-. The zero-order valence-corrected chi connectivity index (χ0v) is 20.0. The van der Waals surface area contributed by atoms with E-state index in [2.05, 4.69) is 35.9 Å². The van der Waals surface area contributed by atoms with Crippen LogP contribution in [0.5, 0.6) is 5.75 Å². The molecule has 3 rings (SSSR count). The summed E-state index contributed by atoms with van der Waals surface area (Å²) in [5.41, 5.74) is 3.27. The van der Waals surface area contributed by atoms with Gasteiger partial charge in [0.25, 0.3) is 5.91 Å². The summed E-state index contributed by atoms with van der Waals surface area (Å²) in [6.45, 7) is 3.14. The van der Waals surface area contributed by atoms with E-state index in [0.717, 1.165) is 36.1 Å². The van der Waals surface area contributed by atoms with Crippen LogP contribution in [0.15, 0.2) is 53.4 Å². The van der Waals surface area contributed by atoms with E-state index in [4.69, 9.17) is 17.0 Å². The van der Waals surface area contributed by atoms with E-state index in [0.29, 0.717) is 28.8 Å². The molecule has 0 bridgehead atoms. The highest BCUT2D eigenvalue weighted by atomic mass is 32.2. The summed E-state index contributed by atoms with van der Waals surface area (Å²) in [4.78, 5) is 26.2. The Hall–Kier alpha value is -2.64. The summed E-state index contributed by atoms with van der Waals surface area (Å²) >= 11 is 6.72. The number of hydrogen-bond donors (Lipinski definition) is 0. The number of hydrogen-bond acceptors (Lipinski definition) is 6. The van der Waals surface area contributed by atoms with Gasteiger partial charge in [-0.15, -0.1) is 0 Å². The lowest BCUT2D eigenvalue weighted by molar-refractivity contribution is -0.140. The fourth-order valence-electron chi connectivity index (χ4n) is 3.17. The molecule has 0 atom stereocenters. The number of methoxy groups -OCH3 is 1. The molecule has 0 N–H and O–H groups in total. The molecule has 1 aliphatic rings. The van der Waals surface area contributed by atoms with Crippen LogP contribution >= 0.6 is 24.0 Å². The molecule has 5 nitrogen and oxygen atoms in total. The highest BCUT2D eigenvalue weighted by Gasteiger charge is 2.31. The molecular formula is C25H27NO4S2. The van der Waals surface area contributed by atoms with Gasteiger partial charge in [0, 0.05) is 13.0 Å². The summed E-state index contributed by atoms with van der Waals surface area (Å²) in [6.07, 6.45) is 4.65. The molecular weight excluding hydrogens is 442 g/mol. The fourth-order valence-corrected chi connectivity index (χ4v) is 4.48. The first-order valence-electron chi connectivity index (χ1n) is 10.6. The zero-order valence-electron chi connectivity index (χ0n) is 18.3. The van der Waals surface area contributed by atoms with Crippen LogP contribution in [-0.2, 0) is 20.9 Å². The van der Waals surface area contributed by atoms with Crippen molar-refractivity contribution in [3.05, 3.63) is 70.1 Å². The summed E-state index contributed by atoms with van der Waals surface area (Å²) in [5.74, 6) is 0.514. The Balaban J connectivity index is 1.50. The lowest BCUT2D eigenvalue weighted by Crippen LogP contribution is -2.29. The summed E-state index contributed by atoms with van der Waals surface area (Å²) in [6, 6.07) is 15.9. The molecule has 32 heavy (non-hydrogen) atoms. The van der Waals surface area contributed by atoms with Crippen LogP contribution in [0.25, 0.3) is 6.08 Å². The molecule has 1 amide bonds. The Morgan fingerprint density at radius 1 is 1.06 bits per heavy atom. The first-order valence-corrected chi connectivity index (χ1v) is 11.8. The topological polar surface area (TPSA) is 55.8 Å². The molecule has 168 valence electrons. The maximum Gasteiger partial charge on any atom is 0.305 e. The van der Waals surface area contributed by atoms with E-state index >= 15 is 0 Å². The van der Waals surface area contributed by atoms with Gasteiger partial charge in [-0.1, -0.05) is 72.4 Å². The highest BCUT2D eigenvalue weighted by Crippen LogP contribution is 2.33. The summed E-state index contributed by atoms with van der Waals surface area (Å²) in [7, 11) is 1.39. The molecule has 0 radical (unpaired) electrons. The van der Waals surface area contributed by atoms with Gasteiger partial charge in [0.2, 0.25) is 0 Å². The fraction of sp³-hybridized carbons (Fsp3) is 0.320. The van der Waals surface area contributed by atoms with Gasteiger partial charge in [-0.3, -0.25) is 14.5 Å². The van der Waals surface area contributed by atoms with Gasteiger partial charge in [-0.05, 0) is 49.1 Å². The predicted molar refractivity (Wildman–Crippen MR) is 132 cm³/mol. The minimum atomic E-state index is -0.204. The van der Waals surface area contributed by atoms with Gasteiger partial charge < -0.3 is 9.47 Å². The minimum absolute atomic E-state index is 0.0623. The molecule has 0 aromatic heterocycles. The predicted octanol–water partition coefficient (Wildman–Crippen LogP) is 5.51. The van der Waals surface area contributed by atoms with Gasteiger partial charge >= 0.3 is 5.97 Å². The second-order valence-corrected chi connectivity index (χ2v) is 9.24. The van der Waals surface area contributed by atoms with Crippen LogP contribution in [-0.4, -0.2) is 34.8 Å². The summed E-state index contributed by atoms with van der Waals surface area (Å²) in [5, 5.41) is 0. The Morgan fingerprint density at radius 2 is 1.78 bits per heavy atom. The largest absolute Gasteiger partial charge is 0.489 e. The van der Waals surface area contributed by atoms with Gasteiger partial charge in [-0.2, -0.15) is 0 Å². The lowest BCUT2D eigenvalue weighted by Gasteiger charge is -2.13. The number of carbonyl (C=O) groups is 2. The van der Waals surface area contributed by atoms with Crippen molar-refractivity contribution in [2.45, 2.75) is 39.2 Å². The second kappa shape index (κ2) is 11.8. The van der Waals surface area contributed by atoms with Crippen molar-refractivity contribution in [2.75, 3.05) is 13.7 Å². The average molecular weight is 470 g/mol. The third kappa shape index (κ3) is 6.93. The normalized spacial score (nSPS) is 14.8. The first kappa shape index (κ1) is 24.0. The van der Waals surface area contributed by atoms with Crippen molar-refractivity contribution < 1.29 is 19.1 Å². The SMILES string of the molecule is COC(=O)CCCCCN1C(=O)/C(=C/c2ccc(OCc3ccc(C)cc3)cc2)SC1=S. The van der Waals surface area contributed by atoms with Crippen LogP contribution < -0.4 is 4.74 Å². The van der Waals surface area contributed by atoms with E-state index in [1.807, 2.05) is 30.3 Å². The monoisotopic (exact) mass is 469 g/mol. The number of aryl methyl sites for hydroxylation is 1. The number of thioether (sulfide) groups is 1. The molecule has 0 unspecified atom stereocenters. The number of unbranched alkanes of at least 4 members (excludes halogenated alkanes) is 2. The van der Waals surface area contributed by atoms with E-state index in [1.165, 1.54) is 24.4 Å². The number of nitrogens with zero attached hydrogens (tertiary/aromatic N) is 1.